The Morgan fingerprint density at radius 3 is 2.47 bits per heavy atom. The van der Waals surface area contributed by atoms with E-state index in [-0.39, 0.29) is 11.9 Å². The second kappa shape index (κ2) is 8.26. The summed E-state index contributed by atoms with van der Waals surface area (Å²) in [4.78, 5) is 26.3. The molecule has 7 nitrogen and oxygen atoms in total. The van der Waals surface area contributed by atoms with Crippen LogP contribution in [-0.2, 0) is 6.42 Å². The molecule has 0 fully saturated rings. The van der Waals surface area contributed by atoms with Crippen LogP contribution in [0.3, 0.4) is 0 Å². The van der Waals surface area contributed by atoms with Gasteiger partial charge in [0.05, 0.1) is 16.6 Å². The van der Waals surface area contributed by atoms with Gasteiger partial charge in [-0.15, -0.1) is 0 Å². The van der Waals surface area contributed by atoms with Gasteiger partial charge in [-0.05, 0) is 56.2 Å². The number of carbonyl (C=O) groups excluding carboxylic acids is 1. The van der Waals surface area contributed by atoms with Crippen molar-refractivity contribution in [1.82, 2.24) is 29.4 Å². The number of hydrogen-bond donors (Lipinski definition) is 1. The molecule has 0 saturated carbocycles. The monoisotopic (exact) mass is 424 g/mol. The van der Waals surface area contributed by atoms with Crippen molar-refractivity contribution in [3.63, 3.8) is 0 Å². The highest BCUT2D eigenvalue weighted by atomic mass is 16.1. The minimum absolute atomic E-state index is 0.151. The van der Waals surface area contributed by atoms with Gasteiger partial charge in [0.2, 0.25) is 5.95 Å². The van der Waals surface area contributed by atoms with E-state index in [0.29, 0.717) is 18.2 Å². The molecule has 1 N–H and O–H groups in total. The lowest BCUT2D eigenvalue weighted by Gasteiger charge is -2.11. The molecule has 0 bridgehead atoms. The van der Waals surface area contributed by atoms with Crippen molar-refractivity contribution in [2.24, 2.45) is 0 Å². The molecular weight excluding hydrogens is 400 g/mol. The van der Waals surface area contributed by atoms with Crippen molar-refractivity contribution in [2.75, 3.05) is 6.54 Å². The molecule has 7 heteroatoms. The summed E-state index contributed by atoms with van der Waals surface area (Å²) in [6, 6.07) is 16.1. The predicted octanol–water partition coefficient (Wildman–Crippen LogP) is 4.32. The molecule has 160 valence electrons. The van der Waals surface area contributed by atoms with Gasteiger partial charge in [0.25, 0.3) is 5.91 Å². The van der Waals surface area contributed by atoms with Crippen molar-refractivity contribution in [2.45, 2.75) is 26.3 Å². The number of rotatable bonds is 6. The second-order valence-electron chi connectivity index (χ2n) is 7.99. The van der Waals surface area contributed by atoms with Crippen LogP contribution in [0.4, 0.5) is 0 Å². The molecule has 0 atom stereocenters. The highest BCUT2D eigenvalue weighted by Gasteiger charge is 2.24. The van der Waals surface area contributed by atoms with Gasteiger partial charge in [0, 0.05) is 42.8 Å². The Hall–Kier alpha value is -4.00. The van der Waals surface area contributed by atoms with Crippen molar-refractivity contribution >= 4 is 27.8 Å². The Morgan fingerprint density at radius 2 is 1.72 bits per heavy atom. The maximum Gasteiger partial charge on any atom is 0.268 e. The molecule has 1 amide bonds. The fraction of sp³-hybridized carbons (Fsp3) is 0.200. The zero-order valence-electron chi connectivity index (χ0n) is 18.1. The number of fused-ring (bicyclic) bond motifs is 3. The Bertz CT molecular complexity index is 1390. The van der Waals surface area contributed by atoms with E-state index in [1.165, 1.54) is 0 Å². The summed E-state index contributed by atoms with van der Waals surface area (Å²) in [6.07, 6.45) is 7.65. The predicted molar refractivity (Wildman–Crippen MR) is 125 cm³/mol. The van der Waals surface area contributed by atoms with Crippen LogP contribution < -0.4 is 5.32 Å². The number of aromatic nitrogens is 5. The van der Waals surface area contributed by atoms with Gasteiger partial charge in [-0.1, -0.05) is 18.2 Å². The fourth-order valence-corrected chi connectivity index (χ4v) is 4.25. The van der Waals surface area contributed by atoms with Crippen LogP contribution in [0.15, 0.2) is 73.3 Å². The minimum Gasteiger partial charge on any atom is -0.350 e. The number of nitrogens with one attached hydrogen (secondary N) is 1. The summed E-state index contributed by atoms with van der Waals surface area (Å²) < 4.78 is 4.14. The van der Waals surface area contributed by atoms with E-state index in [0.717, 1.165) is 33.9 Å². The summed E-state index contributed by atoms with van der Waals surface area (Å²) in [6.45, 7) is 4.83. The summed E-state index contributed by atoms with van der Waals surface area (Å²) in [7, 11) is 0. The van der Waals surface area contributed by atoms with E-state index in [9.17, 15) is 4.79 Å². The third-order valence-electron chi connectivity index (χ3n) is 5.61. The lowest BCUT2D eigenvalue weighted by Crippen LogP contribution is -2.28. The molecule has 4 aromatic heterocycles. The number of carbonyl (C=O) groups is 1. The Labute approximate surface area is 185 Å². The minimum atomic E-state index is -0.151. The fourth-order valence-electron chi connectivity index (χ4n) is 4.25. The molecule has 0 radical (unpaired) electrons. The van der Waals surface area contributed by atoms with Gasteiger partial charge in [0.15, 0.2) is 0 Å². The molecule has 5 rings (SSSR count). The normalized spacial score (nSPS) is 11.5. The lowest BCUT2D eigenvalue weighted by molar-refractivity contribution is 0.0947. The summed E-state index contributed by atoms with van der Waals surface area (Å²) in [5.74, 6) is 0.329. The van der Waals surface area contributed by atoms with Crippen LogP contribution in [0.1, 0.15) is 35.9 Å². The number of amides is 1. The second-order valence-corrected chi connectivity index (χ2v) is 7.99. The van der Waals surface area contributed by atoms with Gasteiger partial charge in [-0.25, -0.2) is 9.97 Å². The molecule has 0 aliphatic heterocycles. The van der Waals surface area contributed by atoms with Crippen molar-refractivity contribution < 1.29 is 4.79 Å². The summed E-state index contributed by atoms with van der Waals surface area (Å²) in [5.41, 5.74) is 4.72. The van der Waals surface area contributed by atoms with E-state index < -0.39 is 0 Å². The van der Waals surface area contributed by atoms with Crippen molar-refractivity contribution in [3.05, 3.63) is 84.6 Å². The number of benzene rings is 1. The van der Waals surface area contributed by atoms with Gasteiger partial charge >= 0.3 is 0 Å². The molecule has 1 aromatic carbocycles. The van der Waals surface area contributed by atoms with E-state index in [1.54, 1.807) is 30.9 Å². The highest BCUT2D eigenvalue weighted by molar-refractivity contribution is 6.11. The van der Waals surface area contributed by atoms with Crippen LogP contribution in [0.2, 0.25) is 0 Å². The number of hydrogen-bond acceptors (Lipinski definition) is 4. The van der Waals surface area contributed by atoms with E-state index >= 15 is 0 Å². The third-order valence-corrected chi connectivity index (χ3v) is 5.61. The van der Waals surface area contributed by atoms with Gasteiger partial charge in [-0.3, -0.25) is 14.3 Å². The largest absolute Gasteiger partial charge is 0.350 e. The highest BCUT2D eigenvalue weighted by Crippen LogP contribution is 2.35. The quantitative estimate of drug-likeness (QED) is 0.440. The smallest absolute Gasteiger partial charge is 0.268 e. The zero-order chi connectivity index (χ0) is 22.1. The Morgan fingerprint density at radius 1 is 0.969 bits per heavy atom. The Kier molecular flexibility index (Phi) is 5.15. The number of nitrogens with zero attached hydrogens (tertiary/aromatic N) is 5. The third kappa shape index (κ3) is 3.41. The SMILES string of the molecule is CC(C)n1c2ccccc2c2c1cc(C(=O)NCCc1ccncc1)n2-c1ncccn1. The topological polar surface area (TPSA) is 77.6 Å². The molecule has 32 heavy (non-hydrogen) atoms. The molecule has 0 aliphatic carbocycles. The zero-order valence-corrected chi connectivity index (χ0v) is 18.1. The van der Waals surface area contributed by atoms with Gasteiger partial charge < -0.3 is 9.88 Å². The lowest BCUT2D eigenvalue weighted by atomic mass is 10.2. The first kappa shape index (κ1) is 19.9. The number of para-hydroxylation sites is 1. The molecule has 0 spiro atoms. The van der Waals surface area contributed by atoms with Crippen LogP contribution in [0.25, 0.3) is 27.9 Å². The first-order chi connectivity index (χ1) is 15.6. The van der Waals surface area contributed by atoms with Crippen LogP contribution >= 0.6 is 0 Å². The van der Waals surface area contributed by atoms with Crippen molar-refractivity contribution in [1.29, 1.82) is 0 Å². The van der Waals surface area contributed by atoms with Crippen LogP contribution in [0.5, 0.6) is 0 Å². The standard InChI is InChI=1S/C25H24N6O/c1-17(2)30-20-7-4-3-6-19(20)23-21(30)16-22(31(23)25-28-11-5-12-29-25)24(32)27-15-10-18-8-13-26-14-9-18/h3-9,11-14,16-17H,10,15H2,1-2H3,(H,27,32). The van der Waals surface area contributed by atoms with E-state index in [2.05, 4.69) is 50.8 Å². The summed E-state index contributed by atoms with van der Waals surface area (Å²) in [5, 5.41) is 4.13. The average molecular weight is 425 g/mol. The first-order valence-electron chi connectivity index (χ1n) is 10.7. The molecular formula is C25H24N6O. The number of pyridine rings is 1. The van der Waals surface area contributed by atoms with Crippen LogP contribution in [-0.4, -0.2) is 36.5 Å². The molecule has 4 heterocycles. The molecule has 0 saturated heterocycles. The molecule has 0 aliphatic rings. The van der Waals surface area contributed by atoms with Gasteiger partial charge in [-0.2, -0.15) is 0 Å². The average Bonchev–Trinajstić information content (AvgIpc) is 3.35. The maximum atomic E-state index is 13.3. The molecule has 0 unspecified atom stereocenters. The maximum absolute atomic E-state index is 13.3. The van der Waals surface area contributed by atoms with Crippen LogP contribution in [0, 0.1) is 0 Å². The van der Waals surface area contributed by atoms with E-state index in [1.807, 2.05) is 34.9 Å². The van der Waals surface area contributed by atoms with E-state index in [4.69, 9.17) is 0 Å². The van der Waals surface area contributed by atoms with Gasteiger partial charge in [0.1, 0.15) is 5.69 Å². The Balaban J connectivity index is 1.62. The van der Waals surface area contributed by atoms with Crippen molar-refractivity contribution in [3.8, 4) is 5.95 Å². The molecule has 5 aromatic rings. The first-order valence-corrected chi connectivity index (χ1v) is 10.7. The summed E-state index contributed by atoms with van der Waals surface area (Å²) >= 11 is 0.